The second-order valence-corrected chi connectivity index (χ2v) is 3.79. The van der Waals surface area contributed by atoms with Gasteiger partial charge >= 0.3 is 6.03 Å². The van der Waals surface area contributed by atoms with Gasteiger partial charge in [-0.2, -0.15) is 0 Å². The third-order valence-electron chi connectivity index (χ3n) is 2.87. The Hall–Kier alpha value is -0.810. The summed E-state index contributed by atoms with van der Waals surface area (Å²) >= 11 is 0. The minimum absolute atomic E-state index is 0.0654. The maximum atomic E-state index is 12.0. The highest BCUT2D eigenvalue weighted by atomic mass is 16.5. The van der Waals surface area contributed by atoms with Crippen LogP contribution in [0.15, 0.2) is 0 Å². The van der Waals surface area contributed by atoms with Crippen molar-refractivity contribution in [1.29, 1.82) is 0 Å². The summed E-state index contributed by atoms with van der Waals surface area (Å²) in [6.45, 7) is 5.20. The molecule has 5 nitrogen and oxygen atoms in total. The molecule has 0 radical (unpaired) electrons. The van der Waals surface area contributed by atoms with Crippen LogP contribution in [0.2, 0.25) is 0 Å². The Morgan fingerprint density at radius 3 is 2.60 bits per heavy atom. The second-order valence-electron chi connectivity index (χ2n) is 3.79. The first-order chi connectivity index (χ1) is 7.20. The zero-order valence-electron chi connectivity index (χ0n) is 9.61. The molecule has 1 aliphatic heterocycles. The standard InChI is InChI=1S/C10H21N3O2/c1-3-9(8-11)12(2)10(14)13-4-6-15-7-5-13/h9H,3-8,11H2,1-2H3. The first-order valence-electron chi connectivity index (χ1n) is 5.50. The van der Waals surface area contributed by atoms with E-state index >= 15 is 0 Å². The van der Waals surface area contributed by atoms with Crippen LogP contribution in [-0.2, 0) is 4.74 Å². The van der Waals surface area contributed by atoms with Gasteiger partial charge in [-0.05, 0) is 6.42 Å². The molecule has 1 atom stereocenters. The topological polar surface area (TPSA) is 58.8 Å². The van der Waals surface area contributed by atoms with Crippen LogP contribution in [0.5, 0.6) is 0 Å². The SMILES string of the molecule is CCC(CN)N(C)C(=O)N1CCOCC1. The fourth-order valence-corrected chi connectivity index (χ4v) is 1.73. The van der Waals surface area contributed by atoms with Crippen molar-refractivity contribution in [1.82, 2.24) is 9.80 Å². The van der Waals surface area contributed by atoms with Gasteiger partial charge in [0, 0.05) is 32.7 Å². The van der Waals surface area contributed by atoms with Gasteiger partial charge in [-0.25, -0.2) is 4.79 Å². The number of likely N-dealkylation sites (N-methyl/N-ethyl adjacent to an activating group) is 1. The van der Waals surface area contributed by atoms with Gasteiger partial charge in [-0.1, -0.05) is 6.92 Å². The lowest BCUT2D eigenvalue weighted by molar-refractivity contribution is 0.0421. The highest BCUT2D eigenvalue weighted by Crippen LogP contribution is 2.06. The van der Waals surface area contributed by atoms with Crippen LogP contribution in [0, 0.1) is 0 Å². The van der Waals surface area contributed by atoms with Crippen molar-refractivity contribution in [2.24, 2.45) is 5.73 Å². The second kappa shape index (κ2) is 5.92. The predicted molar refractivity (Wildman–Crippen MR) is 58.7 cm³/mol. The Kier molecular flexibility index (Phi) is 4.84. The van der Waals surface area contributed by atoms with E-state index in [0.717, 1.165) is 6.42 Å². The van der Waals surface area contributed by atoms with Crippen LogP contribution < -0.4 is 5.73 Å². The van der Waals surface area contributed by atoms with Gasteiger partial charge in [-0.3, -0.25) is 0 Å². The van der Waals surface area contributed by atoms with Crippen molar-refractivity contribution in [2.45, 2.75) is 19.4 Å². The molecule has 1 unspecified atom stereocenters. The summed E-state index contributed by atoms with van der Waals surface area (Å²) in [6, 6.07) is 0.205. The number of ether oxygens (including phenoxy) is 1. The van der Waals surface area contributed by atoms with E-state index in [0.29, 0.717) is 32.8 Å². The molecule has 2 N–H and O–H groups in total. The third-order valence-corrected chi connectivity index (χ3v) is 2.87. The monoisotopic (exact) mass is 215 g/mol. The van der Waals surface area contributed by atoms with E-state index in [1.807, 2.05) is 18.9 Å². The Morgan fingerprint density at radius 2 is 2.13 bits per heavy atom. The van der Waals surface area contributed by atoms with Crippen molar-refractivity contribution in [2.75, 3.05) is 39.9 Å². The molecule has 1 aliphatic rings. The van der Waals surface area contributed by atoms with E-state index in [4.69, 9.17) is 10.5 Å². The van der Waals surface area contributed by atoms with E-state index in [2.05, 4.69) is 0 Å². The normalized spacial score (nSPS) is 18.7. The fourth-order valence-electron chi connectivity index (χ4n) is 1.73. The van der Waals surface area contributed by atoms with Gasteiger partial charge in [0.25, 0.3) is 0 Å². The maximum absolute atomic E-state index is 12.0. The molecule has 0 saturated carbocycles. The highest BCUT2D eigenvalue weighted by molar-refractivity contribution is 5.74. The highest BCUT2D eigenvalue weighted by Gasteiger charge is 2.23. The molecule has 0 bridgehead atoms. The number of nitrogens with zero attached hydrogens (tertiary/aromatic N) is 2. The molecule has 1 saturated heterocycles. The van der Waals surface area contributed by atoms with E-state index in [9.17, 15) is 4.79 Å². The number of nitrogens with two attached hydrogens (primary N) is 1. The third kappa shape index (κ3) is 3.07. The number of rotatable bonds is 3. The average molecular weight is 215 g/mol. The minimum Gasteiger partial charge on any atom is -0.378 e. The predicted octanol–water partition coefficient (Wildman–Crippen LogP) is 0.108. The summed E-state index contributed by atoms with van der Waals surface area (Å²) in [5, 5.41) is 0. The van der Waals surface area contributed by atoms with Gasteiger partial charge in [0.2, 0.25) is 0 Å². The van der Waals surface area contributed by atoms with Gasteiger partial charge in [0.15, 0.2) is 0 Å². The van der Waals surface area contributed by atoms with Gasteiger partial charge < -0.3 is 20.3 Å². The number of morpholine rings is 1. The van der Waals surface area contributed by atoms with Crippen LogP contribution in [0.3, 0.4) is 0 Å². The minimum atomic E-state index is 0.0654. The number of carbonyl (C=O) groups excluding carboxylic acids is 1. The summed E-state index contributed by atoms with van der Waals surface area (Å²) in [4.78, 5) is 15.6. The van der Waals surface area contributed by atoms with E-state index < -0.39 is 0 Å². The molecule has 1 fully saturated rings. The number of urea groups is 1. The fraction of sp³-hybridized carbons (Fsp3) is 0.900. The quantitative estimate of drug-likeness (QED) is 0.727. The summed E-state index contributed by atoms with van der Waals surface area (Å²) in [7, 11) is 1.82. The molecular weight excluding hydrogens is 194 g/mol. The van der Waals surface area contributed by atoms with Crippen LogP contribution >= 0.6 is 0 Å². The molecule has 0 aromatic carbocycles. The van der Waals surface area contributed by atoms with Gasteiger partial charge in [0.05, 0.1) is 13.2 Å². The number of hydrogen-bond donors (Lipinski definition) is 1. The van der Waals surface area contributed by atoms with Crippen molar-refractivity contribution in [3.8, 4) is 0 Å². The van der Waals surface area contributed by atoms with Crippen LogP contribution in [0.25, 0.3) is 0 Å². The Bertz CT molecular complexity index is 201. The van der Waals surface area contributed by atoms with Gasteiger partial charge in [-0.15, -0.1) is 0 Å². The molecule has 2 amide bonds. The Balaban J connectivity index is 2.49. The zero-order chi connectivity index (χ0) is 11.3. The number of hydrogen-bond acceptors (Lipinski definition) is 3. The lowest BCUT2D eigenvalue weighted by Crippen LogP contribution is -2.51. The summed E-state index contributed by atoms with van der Waals surface area (Å²) in [6.07, 6.45) is 0.892. The lowest BCUT2D eigenvalue weighted by Gasteiger charge is -2.34. The van der Waals surface area contributed by atoms with Crippen molar-refractivity contribution >= 4 is 6.03 Å². The molecule has 0 aromatic heterocycles. The molecule has 15 heavy (non-hydrogen) atoms. The lowest BCUT2D eigenvalue weighted by atomic mass is 10.2. The smallest absolute Gasteiger partial charge is 0.320 e. The summed E-state index contributed by atoms with van der Waals surface area (Å²) < 4.78 is 5.21. The average Bonchev–Trinajstić information content (AvgIpc) is 2.30. The molecule has 1 heterocycles. The van der Waals surface area contributed by atoms with Crippen LogP contribution in [0.4, 0.5) is 4.79 Å². The molecular formula is C10H21N3O2. The molecule has 0 aromatic rings. The zero-order valence-corrected chi connectivity index (χ0v) is 9.61. The Labute approximate surface area is 91.2 Å². The van der Waals surface area contributed by atoms with Crippen molar-refractivity contribution in [3.05, 3.63) is 0 Å². The summed E-state index contributed by atoms with van der Waals surface area (Å²) in [5.74, 6) is 0. The maximum Gasteiger partial charge on any atom is 0.320 e. The Morgan fingerprint density at radius 1 is 1.53 bits per heavy atom. The number of carbonyl (C=O) groups is 1. The van der Waals surface area contributed by atoms with Crippen molar-refractivity contribution in [3.63, 3.8) is 0 Å². The first-order valence-corrected chi connectivity index (χ1v) is 5.50. The van der Waals surface area contributed by atoms with E-state index in [1.165, 1.54) is 0 Å². The molecule has 88 valence electrons. The van der Waals surface area contributed by atoms with Crippen LogP contribution in [-0.4, -0.2) is 61.8 Å². The van der Waals surface area contributed by atoms with Crippen molar-refractivity contribution < 1.29 is 9.53 Å². The molecule has 0 spiro atoms. The van der Waals surface area contributed by atoms with Crippen LogP contribution in [0.1, 0.15) is 13.3 Å². The molecule has 5 heteroatoms. The number of amides is 2. The molecule has 1 rings (SSSR count). The first kappa shape index (κ1) is 12.3. The van der Waals surface area contributed by atoms with E-state index in [-0.39, 0.29) is 12.1 Å². The van der Waals surface area contributed by atoms with E-state index in [1.54, 1.807) is 4.90 Å². The largest absolute Gasteiger partial charge is 0.378 e. The van der Waals surface area contributed by atoms with Gasteiger partial charge in [0.1, 0.15) is 0 Å². The molecule has 0 aliphatic carbocycles. The summed E-state index contributed by atoms with van der Waals surface area (Å²) in [5.41, 5.74) is 5.61.